The molecule has 1 aliphatic rings. The molecule has 4 rings (SSSR count). The van der Waals surface area contributed by atoms with Crippen molar-refractivity contribution >= 4 is 5.97 Å². The van der Waals surface area contributed by atoms with E-state index in [1.165, 1.54) is 6.20 Å². The van der Waals surface area contributed by atoms with Crippen LogP contribution in [0.3, 0.4) is 0 Å². The molecule has 2 atom stereocenters. The zero-order valence-corrected chi connectivity index (χ0v) is 19.4. The Balaban J connectivity index is 1.71. The number of aromatic nitrogens is 2. The van der Waals surface area contributed by atoms with Gasteiger partial charge in [0, 0.05) is 30.8 Å². The maximum atomic E-state index is 11.9. The van der Waals surface area contributed by atoms with Gasteiger partial charge in [0.2, 0.25) is 0 Å². The molecule has 3 aromatic rings. The Morgan fingerprint density at radius 3 is 2.58 bits per heavy atom. The van der Waals surface area contributed by atoms with Crippen LogP contribution in [0, 0.1) is 5.92 Å². The number of carboxylic acid groups (broad SMARTS) is 1. The van der Waals surface area contributed by atoms with E-state index in [9.17, 15) is 9.90 Å². The lowest BCUT2D eigenvalue weighted by molar-refractivity contribution is 0.0695. The minimum atomic E-state index is -0.985. The molecule has 1 aliphatic carbocycles. The highest BCUT2D eigenvalue weighted by Crippen LogP contribution is 2.51. The van der Waals surface area contributed by atoms with Crippen molar-refractivity contribution in [3.63, 3.8) is 0 Å². The summed E-state index contributed by atoms with van der Waals surface area (Å²) >= 11 is 0. The predicted molar refractivity (Wildman–Crippen MR) is 129 cm³/mol. The monoisotopic (exact) mass is 446 g/mol. The van der Waals surface area contributed by atoms with Crippen LogP contribution in [0.2, 0.25) is 0 Å². The van der Waals surface area contributed by atoms with E-state index in [1.807, 2.05) is 69.3 Å². The summed E-state index contributed by atoms with van der Waals surface area (Å²) in [6.07, 6.45) is 3.98. The van der Waals surface area contributed by atoms with Crippen molar-refractivity contribution in [1.82, 2.24) is 15.1 Å². The lowest BCUT2D eigenvalue weighted by atomic mass is 10.0. The number of hydrogen-bond donors (Lipinski definition) is 3. The van der Waals surface area contributed by atoms with Gasteiger partial charge in [-0.1, -0.05) is 24.3 Å². The van der Waals surface area contributed by atoms with Gasteiger partial charge in [-0.15, -0.1) is 0 Å². The average Bonchev–Trinajstić information content (AvgIpc) is 3.42. The highest BCUT2D eigenvalue weighted by Gasteiger charge is 2.45. The average molecular weight is 447 g/mol. The maximum absolute atomic E-state index is 11.9. The fraction of sp³-hybridized carbons (Fsp3) is 0.308. The summed E-state index contributed by atoms with van der Waals surface area (Å²) in [5, 5.41) is 17.2. The lowest BCUT2D eigenvalue weighted by Crippen LogP contribution is -2.22. The number of carbonyl (C=O) groups is 1. The first kappa shape index (κ1) is 22.5. The molecule has 1 aromatic heterocycles. The fourth-order valence-corrected chi connectivity index (χ4v) is 4.13. The van der Waals surface area contributed by atoms with Crippen molar-refractivity contribution in [2.45, 2.75) is 38.7 Å². The van der Waals surface area contributed by atoms with Crippen LogP contribution in [0.4, 0.5) is 0 Å². The Morgan fingerprint density at radius 2 is 1.91 bits per heavy atom. The molecule has 0 amide bonds. The van der Waals surface area contributed by atoms with Crippen LogP contribution in [0.1, 0.15) is 49.2 Å². The first-order valence-corrected chi connectivity index (χ1v) is 11.0. The number of nitrogens with two attached hydrogens (primary N) is 1. The molecule has 1 saturated carbocycles. The summed E-state index contributed by atoms with van der Waals surface area (Å²) in [5.74, 6) is -0.0806. The van der Waals surface area contributed by atoms with Crippen molar-refractivity contribution in [1.29, 1.82) is 0 Å². The molecule has 0 saturated heterocycles. The van der Waals surface area contributed by atoms with Crippen LogP contribution in [0.15, 0.2) is 66.6 Å². The number of rotatable bonds is 7. The van der Waals surface area contributed by atoms with Crippen LogP contribution in [0.5, 0.6) is 5.75 Å². The summed E-state index contributed by atoms with van der Waals surface area (Å²) < 4.78 is 7.75. The number of aromatic carboxylic acids is 1. The first-order valence-electron chi connectivity index (χ1n) is 11.0. The van der Waals surface area contributed by atoms with E-state index in [0.29, 0.717) is 5.69 Å². The van der Waals surface area contributed by atoms with Gasteiger partial charge >= 0.3 is 5.97 Å². The second-order valence-corrected chi connectivity index (χ2v) is 9.33. The molecule has 0 aliphatic heterocycles. The van der Waals surface area contributed by atoms with Gasteiger partial charge in [0.25, 0.3) is 0 Å². The predicted octanol–water partition coefficient (Wildman–Crippen LogP) is 4.54. The molecule has 0 radical (unpaired) electrons. The number of allylic oxidation sites excluding steroid dienone is 1. The van der Waals surface area contributed by atoms with E-state index < -0.39 is 5.97 Å². The lowest BCUT2D eigenvalue weighted by Gasteiger charge is -2.21. The van der Waals surface area contributed by atoms with E-state index >= 15 is 0 Å². The normalized spacial score (nSPS) is 18.1. The second-order valence-electron chi connectivity index (χ2n) is 9.33. The Kier molecular flexibility index (Phi) is 5.89. The number of nitrogens with one attached hydrogen (secondary N) is 1. The molecule has 0 bridgehead atoms. The molecule has 7 nitrogen and oxygen atoms in total. The van der Waals surface area contributed by atoms with Gasteiger partial charge in [-0.05, 0) is 62.6 Å². The number of ether oxygens (including phenoxy) is 1. The first-order chi connectivity index (χ1) is 15.7. The van der Waals surface area contributed by atoms with E-state index in [4.69, 9.17) is 10.5 Å². The molecule has 33 heavy (non-hydrogen) atoms. The zero-order chi connectivity index (χ0) is 23.8. The van der Waals surface area contributed by atoms with E-state index in [2.05, 4.69) is 10.4 Å². The number of nitrogens with zero attached hydrogens (tertiary/aromatic N) is 2. The molecule has 1 fully saturated rings. The minimum absolute atomic E-state index is 0.00960. The fourth-order valence-electron chi connectivity index (χ4n) is 4.13. The largest absolute Gasteiger partial charge is 0.488 e. The van der Waals surface area contributed by atoms with Crippen LogP contribution >= 0.6 is 0 Å². The van der Waals surface area contributed by atoms with Crippen LogP contribution in [-0.4, -0.2) is 33.5 Å². The van der Waals surface area contributed by atoms with Crippen LogP contribution in [0.25, 0.3) is 16.8 Å². The van der Waals surface area contributed by atoms with Gasteiger partial charge in [0.1, 0.15) is 16.9 Å². The van der Waals surface area contributed by atoms with Crippen molar-refractivity contribution in [2.24, 2.45) is 11.7 Å². The topological polar surface area (TPSA) is 102 Å². The molecule has 2 aromatic carbocycles. The molecule has 1 heterocycles. The summed E-state index contributed by atoms with van der Waals surface area (Å²) in [6, 6.07) is 15.9. The summed E-state index contributed by atoms with van der Waals surface area (Å²) in [4.78, 5) is 11.9. The van der Waals surface area contributed by atoms with Crippen molar-refractivity contribution < 1.29 is 14.6 Å². The third-order valence-electron chi connectivity index (χ3n) is 5.60. The third kappa shape index (κ3) is 4.87. The smallest absolute Gasteiger partial charge is 0.339 e. The van der Waals surface area contributed by atoms with Gasteiger partial charge in [0.05, 0.1) is 17.6 Å². The Bertz CT molecular complexity index is 1210. The van der Waals surface area contributed by atoms with Gasteiger partial charge in [-0.3, -0.25) is 0 Å². The quantitative estimate of drug-likeness (QED) is 0.493. The molecule has 0 spiro atoms. The van der Waals surface area contributed by atoms with Crippen LogP contribution < -0.4 is 15.8 Å². The second kappa shape index (κ2) is 8.65. The molecular weight excluding hydrogens is 416 g/mol. The van der Waals surface area contributed by atoms with Crippen LogP contribution in [-0.2, 0) is 0 Å². The third-order valence-corrected chi connectivity index (χ3v) is 5.60. The molecule has 7 heteroatoms. The highest BCUT2D eigenvalue weighted by atomic mass is 16.5. The summed E-state index contributed by atoms with van der Waals surface area (Å²) in [7, 11) is 1.80. The maximum Gasteiger partial charge on any atom is 0.339 e. The van der Waals surface area contributed by atoms with Crippen molar-refractivity contribution in [3.8, 4) is 22.6 Å². The minimum Gasteiger partial charge on any atom is -0.488 e. The van der Waals surface area contributed by atoms with Gasteiger partial charge < -0.3 is 20.9 Å². The van der Waals surface area contributed by atoms with Gasteiger partial charge in [-0.25, -0.2) is 9.48 Å². The van der Waals surface area contributed by atoms with E-state index in [0.717, 1.165) is 34.7 Å². The Hall–Kier alpha value is -3.74. The standard InChI is InChI=1S/C26H30N4O3/c1-26(2,3)33-19-10-6-8-17(12-19)16-7-5-9-18(11-16)30-24(22(14-29-30)25(31)32)21-13-20(21)23(27)15-28-4/h5-12,14-15,20-21,28H,13,27H2,1-4H3,(H,31,32)/b23-15-. The highest BCUT2D eigenvalue weighted by molar-refractivity contribution is 5.89. The van der Waals surface area contributed by atoms with Crippen molar-refractivity contribution in [3.05, 3.63) is 77.9 Å². The number of benzene rings is 2. The molecule has 2 unspecified atom stereocenters. The molecule has 172 valence electrons. The van der Waals surface area contributed by atoms with E-state index in [1.54, 1.807) is 17.9 Å². The van der Waals surface area contributed by atoms with E-state index in [-0.39, 0.29) is 23.0 Å². The summed E-state index contributed by atoms with van der Waals surface area (Å²) in [6.45, 7) is 6.05. The number of carboxylic acids is 1. The zero-order valence-electron chi connectivity index (χ0n) is 19.4. The van der Waals surface area contributed by atoms with Gasteiger partial charge in [0.15, 0.2) is 0 Å². The van der Waals surface area contributed by atoms with Gasteiger partial charge in [-0.2, -0.15) is 5.10 Å². The SMILES string of the molecule is CN/C=C(\N)C1CC1c1c(C(=O)O)cnn1-c1cccc(-c2cccc(OC(C)(C)C)c2)c1. The molecular formula is C26H30N4O3. The Labute approximate surface area is 193 Å². The Morgan fingerprint density at radius 1 is 1.21 bits per heavy atom. The van der Waals surface area contributed by atoms with Crippen molar-refractivity contribution in [2.75, 3.05) is 7.05 Å². The summed E-state index contributed by atoms with van der Waals surface area (Å²) in [5.41, 5.74) is 10.3. The molecule has 4 N–H and O–H groups in total. The number of hydrogen-bond acceptors (Lipinski definition) is 5.